The molecule has 0 spiro atoms. The summed E-state index contributed by atoms with van der Waals surface area (Å²) in [6.07, 6.45) is 1.09. The maximum atomic E-state index is 13.1. The number of nitrogens with one attached hydrogen (secondary N) is 1. The average molecular weight is 463 g/mol. The monoisotopic (exact) mass is 462 g/mol. The fourth-order valence-corrected chi connectivity index (χ4v) is 4.93. The third-order valence-corrected chi connectivity index (χ3v) is 6.72. The summed E-state index contributed by atoms with van der Waals surface area (Å²) < 4.78 is 36.8. The van der Waals surface area contributed by atoms with Gasteiger partial charge in [-0.15, -0.1) is 0 Å². The van der Waals surface area contributed by atoms with Crippen LogP contribution in [0.1, 0.15) is 56.3 Å². The molecule has 2 rings (SSSR count). The molecule has 1 N–H and O–H groups in total. The SMILES string of the molecule is COc1ccc(N([C@@H](C)C(=O)N[C@@H](C)c2cc(C(C)C)c(OC)cc2C)S(C)(=O)=O)cc1. The van der Waals surface area contributed by atoms with Gasteiger partial charge in [0.25, 0.3) is 0 Å². The summed E-state index contributed by atoms with van der Waals surface area (Å²) in [5.41, 5.74) is 3.40. The van der Waals surface area contributed by atoms with E-state index in [1.807, 2.05) is 26.0 Å². The first kappa shape index (κ1) is 25.5. The van der Waals surface area contributed by atoms with Crippen molar-refractivity contribution in [3.63, 3.8) is 0 Å². The van der Waals surface area contributed by atoms with Crippen LogP contribution in [0.25, 0.3) is 0 Å². The summed E-state index contributed by atoms with van der Waals surface area (Å²) in [5.74, 6) is 1.28. The first-order valence-electron chi connectivity index (χ1n) is 10.5. The predicted molar refractivity (Wildman–Crippen MR) is 128 cm³/mol. The molecule has 0 heterocycles. The minimum atomic E-state index is -3.70. The molecule has 176 valence electrons. The van der Waals surface area contributed by atoms with Gasteiger partial charge in [0, 0.05) is 0 Å². The van der Waals surface area contributed by atoms with Gasteiger partial charge in [0.15, 0.2) is 0 Å². The highest BCUT2D eigenvalue weighted by Crippen LogP contribution is 2.32. The molecule has 7 nitrogen and oxygen atoms in total. The number of rotatable bonds is 9. The van der Waals surface area contributed by atoms with Crippen LogP contribution in [0.2, 0.25) is 0 Å². The highest BCUT2D eigenvalue weighted by atomic mass is 32.2. The van der Waals surface area contributed by atoms with Gasteiger partial charge in [-0.25, -0.2) is 8.42 Å². The summed E-state index contributed by atoms with van der Waals surface area (Å²) in [5, 5.41) is 2.97. The smallest absolute Gasteiger partial charge is 0.244 e. The molecule has 8 heteroatoms. The van der Waals surface area contributed by atoms with E-state index in [2.05, 4.69) is 19.2 Å². The standard InChI is InChI=1S/C24H34N2O5S/c1-15(2)21-14-22(16(3)13-23(21)31-7)17(4)25-24(27)18(5)26(32(8,28)29)19-9-11-20(30-6)12-10-19/h9-15,17-18H,1-8H3,(H,25,27)/t17-,18-/m0/s1. The number of aryl methyl sites for hydroxylation is 1. The minimum Gasteiger partial charge on any atom is -0.497 e. The van der Waals surface area contributed by atoms with Crippen molar-refractivity contribution in [3.8, 4) is 11.5 Å². The third kappa shape index (κ3) is 5.73. The lowest BCUT2D eigenvalue weighted by molar-refractivity contribution is -0.122. The van der Waals surface area contributed by atoms with Crippen molar-refractivity contribution in [2.45, 2.75) is 52.6 Å². The Morgan fingerprint density at radius 2 is 1.56 bits per heavy atom. The van der Waals surface area contributed by atoms with E-state index in [9.17, 15) is 13.2 Å². The summed E-state index contributed by atoms with van der Waals surface area (Å²) in [6, 6.07) is 9.33. The van der Waals surface area contributed by atoms with E-state index < -0.39 is 16.1 Å². The second-order valence-electron chi connectivity index (χ2n) is 8.27. The Kier molecular flexibility index (Phi) is 8.18. The lowest BCUT2D eigenvalue weighted by Gasteiger charge is -2.30. The highest BCUT2D eigenvalue weighted by Gasteiger charge is 2.30. The molecule has 0 fully saturated rings. The summed E-state index contributed by atoms with van der Waals surface area (Å²) >= 11 is 0. The van der Waals surface area contributed by atoms with Gasteiger partial charge in [-0.3, -0.25) is 9.10 Å². The van der Waals surface area contributed by atoms with E-state index in [1.165, 1.54) is 7.11 Å². The summed E-state index contributed by atoms with van der Waals surface area (Å²) in [7, 11) is -0.523. The van der Waals surface area contributed by atoms with Crippen LogP contribution in [0.5, 0.6) is 11.5 Å². The van der Waals surface area contributed by atoms with Gasteiger partial charge in [-0.1, -0.05) is 13.8 Å². The number of ether oxygens (including phenoxy) is 2. The second kappa shape index (κ2) is 10.3. The number of benzene rings is 2. The van der Waals surface area contributed by atoms with Gasteiger partial charge < -0.3 is 14.8 Å². The van der Waals surface area contributed by atoms with E-state index >= 15 is 0 Å². The average Bonchev–Trinajstić information content (AvgIpc) is 2.72. The van der Waals surface area contributed by atoms with E-state index in [0.29, 0.717) is 11.4 Å². The van der Waals surface area contributed by atoms with Crippen LogP contribution >= 0.6 is 0 Å². The van der Waals surface area contributed by atoms with Gasteiger partial charge in [0.05, 0.1) is 32.2 Å². The Morgan fingerprint density at radius 1 is 0.969 bits per heavy atom. The van der Waals surface area contributed by atoms with Crippen molar-refractivity contribution in [3.05, 3.63) is 53.1 Å². The normalized spacial score (nSPS) is 13.4. The van der Waals surface area contributed by atoms with E-state index in [1.54, 1.807) is 38.3 Å². The minimum absolute atomic E-state index is 0.252. The quantitative estimate of drug-likeness (QED) is 0.605. The molecule has 32 heavy (non-hydrogen) atoms. The van der Waals surface area contributed by atoms with Gasteiger partial charge in [0.1, 0.15) is 17.5 Å². The number of hydrogen-bond donors (Lipinski definition) is 1. The Bertz CT molecular complexity index is 1050. The second-order valence-corrected chi connectivity index (χ2v) is 10.1. The fourth-order valence-electron chi connectivity index (χ4n) is 3.76. The van der Waals surface area contributed by atoms with Gasteiger partial charge >= 0.3 is 0 Å². The van der Waals surface area contributed by atoms with Gasteiger partial charge in [-0.2, -0.15) is 0 Å². The van der Waals surface area contributed by atoms with Gasteiger partial charge in [-0.05, 0) is 79.8 Å². The number of sulfonamides is 1. The number of nitrogens with zero attached hydrogens (tertiary/aromatic N) is 1. The maximum Gasteiger partial charge on any atom is 0.244 e. The molecule has 0 bridgehead atoms. The van der Waals surface area contributed by atoms with E-state index in [4.69, 9.17) is 9.47 Å². The van der Waals surface area contributed by atoms with Gasteiger partial charge in [0.2, 0.25) is 15.9 Å². The molecule has 0 aliphatic rings. The Morgan fingerprint density at radius 3 is 2.03 bits per heavy atom. The molecule has 0 saturated carbocycles. The number of carbonyl (C=O) groups is 1. The molecule has 0 radical (unpaired) electrons. The Balaban J connectivity index is 2.32. The number of methoxy groups -OCH3 is 2. The molecular weight excluding hydrogens is 428 g/mol. The zero-order chi connectivity index (χ0) is 24.2. The van der Waals surface area contributed by atoms with Crippen molar-refractivity contribution < 1.29 is 22.7 Å². The van der Waals surface area contributed by atoms with Crippen LogP contribution in [0, 0.1) is 6.92 Å². The molecular formula is C24H34N2O5S. The molecule has 2 aromatic carbocycles. The lowest BCUT2D eigenvalue weighted by Crippen LogP contribution is -2.48. The molecule has 0 unspecified atom stereocenters. The van der Waals surface area contributed by atoms with Crippen LogP contribution in [-0.4, -0.2) is 40.8 Å². The van der Waals surface area contributed by atoms with Crippen molar-refractivity contribution in [1.29, 1.82) is 0 Å². The van der Waals surface area contributed by atoms with Crippen molar-refractivity contribution in [2.24, 2.45) is 0 Å². The summed E-state index contributed by atoms with van der Waals surface area (Å²) in [4.78, 5) is 13.1. The predicted octanol–water partition coefficient (Wildman–Crippen LogP) is 4.17. The molecule has 2 aromatic rings. The topological polar surface area (TPSA) is 84.9 Å². The molecule has 0 aromatic heterocycles. The van der Waals surface area contributed by atoms with Crippen molar-refractivity contribution in [1.82, 2.24) is 5.32 Å². The molecule has 1 amide bonds. The molecule has 2 atom stereocenters. The van der Waals surface area contributed by atoms with E-state index in [-0.39, 0.29) is 17.9 Å². The molecule has 0 aliphatic heterocycles. The summed E-state index contributed by atoms with van der Waals surface area (Å²) in [6.45, 7) is 9.60. The van der Waals surface area contributed by atoms with E-state index in [0.717, 1.165) is 33.0 Å². The first-order valence-corrected chi connectivity index (χ1v) is 12.4. The van der Waals surface area contributed by atoms with Crippen LogP contribution in [0.4, 0.5) is 5.69 Å². The van der Waals surface area contributed by atoms with Crippen molar-refractivity contribution in [2.75, 3.05) is 24.8 Å². The number of hydrogen-bond acceptors (Lipinski definition) is 5. The maximum absolute atomic E-state index is 13.1. The molecule has 0 saturated heterocycles. The highest BCUT2D eigenvalue weighted by molar-refractivity contribution is 7.92. The van der Waals surface area contributed by atoms with Crippen LogP contribution in [0.3, 0.4) is 0 Å². The number of carbonyl (C=O) groups excluding carboxylic acids is 1. The van der Waals surface area contributed by atoms with Crippen LogP contribution < -0.4 is 19.1 Å². The Hall–Kier alpha value is -2.74. The van der Waals surface area contributed by atoms with Crippen LogP contribution in [0.15, 0.2) is 36.4 Å². The molecule has 0 aliphatic carbocycles. The number of amides is 1. The zero-order valence-electron chi connectivity index (χ0n) is 20.1. The van der Waals surface area contributed by atoms with Crippen molar-refractivity contribution >= 4 is 21.6 Å². The fraction of sp³-hybridized carbons (Fsp3) is 0.458. The zero-order valence-corrected chi connectivity index (χ0v) is 20.9. The Labute approximate surface area is 191 Å². The third-order valence-electron chi connectivity index (χ3n) is 5.48. The lowest BCUT2D eigenvalue weighted by atomic mass is 9.93. The largest absolute Gasteiger partial charge is 0.497 e. The van der Waals surface area contributed by atoms with Crippen LogP contribution in [-0.2, 0) is 14.8 Å². The first-order chi connectivity index (χ1) is 14.9. The number of anilines is 1.